The number of ether oxygens (including phenoxy) is 1. The van der Waals surface area contributed by atoms with Gasteiger partial charge in [0.15, 0.2) is 0 Å². The Labute approximate surface area is 173 Å². The minimum absolute atomic E-state index is 0.152. The number of hydrogen-bond donors (Lipinski definition) is 0. The smallest absolute Gasteiger partial charge is 0.120 e. The van der Waals surface area contributed by atoms with Gasteiger partial charge in [0.2, 0.25) is 0 Å². The number of allylic oxidation sites excluding steroid dienone is 4. The quantitative estimate of drug-likeness (QED) is 0.241. The number of carbonyl (C=O) groups excluding carboxylic acids is 1. The van der Waals surface area contributed by atoms with Gasteiger partial charge >= 0.3 is 0 Å². The average Bonchev–Trinajstić information content (AvgIpc) is 3.36. The lowest BCUT2D eigenvalue weighted by atomic mass is 9.79. The molecule has 0 heterocycles. The zero-order valence-electron chi connectivity index (χ0n) is 18.7. The van der Waals surface area contributed by atoms with Crippen molar-refractivity contribution in [1.82, 2.24) is 0 Å². The Hall–Kier alpha value is -1.15. The van der Waals surface area contributed by atoms with Gasteiger partial charge in [-0.25, -0.2) is 0 Å². The van der Waals surface area contributed by atoms with Gasteiger partial charge in [0.05, 0.1) is 5.60 Å². The highest BCUT2D eigenvalue weighted by Gasteiger charge is 2.51. The molecule has 0 aliphatic heterocycles. The van der Waals surface area contributed by atoms with Crippen LogP contribution in [0.2, 0.25) is 0 Å². The van der Waals surface area contributed by atoms with Gasteiger partial charge in [0.1, 0.15) is 6.29 Å². The number of rotatable bonds is 9. The lowest BCUT2D eigenvalue weighted by molar-refractivity contribution is -0.107. The maximum atomic E-state index is 10.3. The number of unbranched alkanes of at least 4 members (excludes halogenated alkanes) is 1. The molecule has 0 spiro atoms. The summed E-state index contributed by atoms with van der Waals surface area (Å²) in [5, 5.41) is 0. The summed E-state index contributed by atoms with van der Waals surface area (Å²) in [6.07, 6.45) is 18.6. The first-order valence-corrected chi connectivity index (χ1v) is 11.5. The molecule has 5 unspecified atom stereocenters. The first kappa shape index (κ1) is 23.1. The van der Waals surface area contributed by atoms with E-state index >= 15 is 0 Å². The number of fused-ring (bicyclic) bond motifs is 5. The molecule has 0 aromatic carbocycles. The van der Waals surface area contributed by atoms with E-state index < -0.39 is 0 Å². The van der Waals surface area contributed by atoms with Crippen LogP contribution in [0.1, 0.15) is 85.5 Å². The van der Waals surface area contributed by atoms with Crippen LogP contribution >= 0.6 is 0 Å². The summed E-state index contributed by atoms with van der Waals surface area (Å²) in [6.45, 7) is 12.9. The van der Waals surface area contributed by atoms with Crippen molar-refractivity contribution in [3.63, 3.8) is 0 Å². The highest BCUT2D eigenvalue weighted by molar-refractivity contribution is 5.49. The molecule has 3 aliphatic carbocycles. The molecule has 3 fully saturated rings. The fraction of sp³-hybridized carbons (Fsp3) is 0.731. The first-order chi connectivity index (χ1) is 13.4. The number of carbonyl (C=O) groups is 1. The van der Waals surface area contributed by atoms with E-state index in [0.717, 1.165) is 62.2 Å². The SMILES string of the molecule is C=CC(C)(CCC=C(C)C)OCC.O=CCC/C=C1\CC2CC1C1CCCC21. The number of aldehydes is 1. The van der Waals surface area contributed by atoms with Gasteiger partial charge in [-0.1, -0.05) is 35.8 Å². The van der Waals surface area contributed by atoms with E-state index in [0.29, 0.717) is 0 Å². The van der Waals surface area contributed by atoms with E-state index in [4.69, 9.17) is 4.74 Å². The van der Waals surface area contributed by atoms with E-state index in [1.165, 1.54) is 37.7 Å². The van der Waals surface area contributed by atoms with Crippen molar-refractivity contribution in [2.45, 2.75) is 91.1 Å². The van der Waals surface area contributed by atoms with Crippen LogP contribution in [0.25, 0.3) is 0 Å². The molecule has 0 amide bonds. The Morgan fingerprint density at radius 3 is 2.61 bits per heavy atom. The van der Waals surface area contributed by atoms with Crippen LogP contribution in [0.5, 0.6) is 0 Å². The molecule has 5 atom stereocenters. The second kappa shape index (κ2) is 11.1. The second-order valence-electron chi connectivity index (χ2n) is 9.36. The summed E-state index contributed by atoms with van der Waals surface area (Å²) in [5.74, 6) is 4.06. The molecule has 28 heavy (non-hydrogen) atoms. The summed E-state index contributed by atoms with van der Waals surface area (Å²) in [4.78, 5) is 10.3. The summed E-state index contributed by atoms with van der Waals surface area (Å²) in [6, 6.07) is 0. The largest absolute Gasteiger partial charge is 0.372 e. The Morgan fingerprint density at radius 2 is 1.96 bits per heavy atom. The van der Waals surface area contributed by atoms with Crippen LogP contribution in [-0.4, -0.2) is 18.5 Å². The van der Waals surface area contributed by atoms with Crippen LogP contribution in [0, 0.1) is 23.7 Å². The predicted molar refractivity (Wildman–Crippen MR) is 119 cm³/mol. The molecule has 2 bridgehead atoms. The molecule has 3 aliphatic rings. The van der Waals surface area contributed by atoms with Gasteiger partial charge in [0, 0.05) is 13.0 Å². The highest BCUT2D eigenvalue weighted by atomic mass is 16.5. The third-order valence-corrected chi connectivity index (χ3v) is 7.07. The van der Waals surface area contributed by atoms with Gasteiger partial charge in [-0.3, -0.25) is 0 Å². The van der Waals surface area contributed by atoms with Crippen LogP contribution < -0.4 is 0 Å². The fourth-order valence-electron chi connectivity index (χ4n) is 5.68. The van der Waals surface area contributed by atoms with Gasteiger partial charge < -0.3 is 9.53 Å². The molecule has 3 rings (SSSR count). The Bertz CT molecular complexity index is 569. The lowest BCUT2D eigenvalue weighted by Crippen LogP contribution is -2.25. The van der Waals surface area contributed by atoms with Gasteiger partial charge in [-0.05, 0) is 96.3 Å². The Morgan fingerprint density at radius 1 is 1.21 bits per heavy atom. The first-order valence-electron chi connectivity index (χ1n) is 11.5. The van der Waals surface area contributed by atoms with Crippen molar-refractivity contribution in [2.24, 2.45) is 23.7 Å². The zero-order valence-corrected chi connectivity index (χ0v) is 18.7. The molecule has 2 nitrogen and oxygen atoms in total. The molecule has 0 aromatic heterocycles. The number of hydrogen-bond acceptors (Lipinski definition) is 2. The minimum atomic E-state index is -0.152. The molecule has 0 N–H and O–H groups in total. The predicted octanol–water partition coefficient (Wildman–Crippen LogP) is 7.06. The normalized spacial score (nSPS) is 30.9. The van der Waals surface area contributed by atoms with Crippen molar-refractivity contribution in [3.8, 4) is 0 Å². The van der Waals surface area contributed by atoms with Crippen molar-refractivity contribution in [1.29, 1.82) is 0 Å². The molecule has 0 aromatic rings. The summed E-state index contributed by atoms with van der Waals surface area (Å²) in [5.41, 5.74) is 2.92. The van der Waals surface area contributed by atoms with Crippen LogP contribution in [0.4, 0.5) is 0 Å². The summed E-state index contributed by atoms with van der Waals surface area (Å²) >= 11 is 0. The third kappa shape index (κ3) is 6.17. The maximum Gasteiger partial charge on any atom is 0.120 e. The summed E-state index contributed by atoms with van der Waals surface area (Å²) < 4.78 is 5.61. The van der Waals surface area contributed by atoms with Crippen LogP contribution in [0.15, 0.2) is 36.0 Å². The van der Waals surface area contributed by atoms with E-state index in [1.807, 2.05) is 13.0 Å². The summed E-state index contributed by atoms with van der Waals surface area (Å²) in [7, 11) is 0. The molecule has 0 radical (unpaired) electrons. The van der Waals surface area contributed by atoms with Gasteiger partial charge in [-0.2, -0.15) is 0 Å². The molecule has 2 heteroatoms. The molecule has 0 saturated heterocycles. The maximum absolute atomic E-state index is 10.3. The van der Waals surface area contributed by atoms with E-state index in [2.05, 4.69) is 39.5 Å². The van der Waals surface area contributed by atoms with E-state index in [9.17, 15) is 4.79 Å². The molecule has 3 saturated carbocycles. The van der Waals surface area contributed by atoms with Gasteiger partial charge in [0.25, 0.3) is 0 Å². The van der Waals surface area contributed by atoms with E-state index in [1.54, 1.807) is 5.57 Å². The minimum Gasteiger partial charge on any atom is -0.372 e. The Kier molecular flexibility index (Phi) is 9.21. The van der Waals surface area contributed by atoms with Gasteiger partial charge in [-0.15, -0.1) is 6.58 Å². The van der Waals surface area contributed by atoms with Crippen molar-refractivity contribution in [2.75, 3.05) is 6.61 Å². The highest BCUT2D eigenvalue weighted by Crippen LogP contribution is 2.60. The van der Waals surface area contributed by atoms with Crippen LogP contribution in [0.3, 0.4) is 0 Å². The zero-order chi connectivity index (χ0) is 20.6. The monoisotopic (exact) mass is 386 g/mol. The van der Waals surface area contributed by atoms with Crippen molar-refractivity contribution < 1.29 is 9.53 Å². The van der Waals surface area contributed by atoms with E-state index in [-0.39, 0.29) is 5.60 Å². The Balaban J connectivity index is 0.000000204. The average molecular weight is 387 g/mol. The molecular weight excluding hydrogens is 344 g/mol. The fourth-order valence-corrected chi connectivity index (χ4v) is 5.68. The lowest BCUT2D eigenvalue weighted by Gasteiger charge is -2.26. The molecular formula is C26H42O2. The van der Waals surface area contributed by atoms with Crippen LogP contribution in [-0.2, 0) is 9.53 Å². The second-order valence-corrected chi connectivity index (χ2v) is 9.36. The van der Waals surface area contributed by atoms with Crippen molar-refractivity contribution >= 4 is 6.29 Å². The van der Waals surface area contributed by atoms with Crippen molar-refractivity contribution in [3.05, 3.63) is 36.0 Å². The standard InChI is InChI=1S/C14H20O.C12H22O/c15-7-2-1-4-10-8-11-9-14(10)13-6-3-5-12(11)13;1-6-12(5,13-7-2)10-8-9-11(3)4/h4,7,11-14H,1-3,5-6,8-9H2;6,9H,1,7-8,10H2,2-5H3/b10-4+;. The molecule has 158 valence electrons. The third-order valence-electron chi connectivity index (χ3n) is 7.07. The topological polar surface area (TPSA) is 26.3 Å².